The van der Waals surface area contributed by atoms with Crippen LogP contribution in [0.5, 0.6) is 0 Å². The standard InChI is InChI=1S/C17H15ClFN5/c1-2-21-17-22-14(11-5-4-8-20-10-11)9-15(24-17)23-16-12(18)6-3-7-13(16)19/h3-10H,2H2,1H3,(H2,21,22,23,24). The lowest BCUT2D eigenvalue weighted by atomic mass is 10.2. The number of halogens is 2. The second-order valence-electron chi connectivity index (χ2n) is 4.96. The van der Waals surface area contributed by atoms with E-state index < -0.39 is 5.82 Å². The molecule has 0 aliphatic heterocycles. The zero-order chi connectivity index (χ0) is 16.9. The molecule has 0 bridgehead atoms. The van der Waals surface area contributed by atoms with E-state index in [0.29, 0.717) is 24.0 Å². The van der Waals surface area contributed by atoms with Crippen LogP contribution in [0.25, 0.3) is 11.3 Å². The third kappa shape index (κ3) is 3.60. The molecule has 0 aliphatic carbocycles. The predicted octanol–water partition coefficient (Wildman–Crippen LogP) is 4.51. The summed E-state index contributed by atoms with van der Waals surface area (Å²) in [7, 11) is 0. The Morgan fingerprint density at radius 3 is 2.75 bits per heavy atom. The van der Waals surface area contributed by atoms with Gasteiger partial charge in [0.15, 0.2) is 0 Å². The molecule has 24 heavy (non-hydrogen) atoms. The number of anilines is 3. The minimum absolute atomic E-state index is 0.178. The van der Waals surface area contributed by atoms with Crippen molar-refractivity contribution in [3.63, 3.8) is 0 Å². The van der Waals surface area contributed by atoms with Gasteiger partial charge in [-0.2, -0.15) is 4.98 Å². The van der Waals surface area contributed by atoms with Crippen LogP contribution in [0.3, 0.4) is 0 Å². The monoisotopic (exact) mass is 343 g/mol. The topological polar surface area (TPSA) is 62.7 Å². The Labute approximate surface area is 144 Å². The summed E-state index contributed by atoms with van der Waals surface area (Å²) in [6.45, 7) is 2.61. The first-order valence-electron chi connectivity index (χ1n) is 7.41. The fourth-order valence-electron chi connectivity index (χ4n) is 2.16. The summed E-state index contributed by atoms with van der Waals surface area (Å²) in [6, 6.07) is 9.94. The van der Waals surface area contributed by atoms with Crippen LogP contribution in [-0.4, -0.2) is 21.5 Å². The van der Waals surface area contributed by atoms with E-state index in [1.807, 2.05) is 19.1 Å². The molecular formula is C17H15ClFN5. The lowest BCUT2D eigenvalue weighted by Gasteiger charge is -2.12. The number of nitrogens with one attached hydrogen (secondary N) is 2. The average molecular weight is 344 g/mol. The van der Waals surface area contributed by atoms with Crippen molar-refractivity contribution in [2.45, 2.75) is 6.92 Å². The highest BCUT2D eigenvalue weighted by molar-refractivity contribution is 6.33. The molecule has 2 aromatic heterocycles. The average Bonchev–Trinajstić information content (AvgIpc) is 2.59. The molecule has 0 amide bonds. The van der Waals surface area contributed by atoms with Crippen LogP contribution in [0.15, 0.2) is 48.8 Å². The van der Waals surface area contributed by atoms with Crippen molar-refractivity contribution < 1.29 is 4.39 Å². The number of rotatable bonds is 5. The predicted molar refractivity (Wildman–Crippen MR) is 94.1 cm³/mol. The third-order valence-electron chi connectivity index (χ3n) is 3.23. The molecule has 2 heterocycles. The SMILES string of the molecule is CCNc1nc(Nc2c(F)cccc2Cl)cc(-c2cccnc2)n1. The normalized spacial score (nSPS) is 10.5. The fraction of sp³-hybridized carbons (Fsp3) is 0.118. The maximum absolute atomic E-state index is 14.0. The van der Waals surface area contributed by atoms with Gasteiger partial charge < -0.3 is 10.6 Å². The third-order valence-corrected chi connectivity index (χ3v) is 3.55. The Bertz CT molecular complexity index is 821. The molecule has 2 N–H and O–H groups in total. The van der Waals surface area contributed by atoms with Crippen LogP contribution < -0.4 is 10.6 Å². The van der Waals surface area contributed by atoms with E-state index in [4.69, 9.17) is 11.6 Å². The second kappa shape index (κ2) is 7.23. The number of nitrogens with zero attached hydrogens (tertiary/aromatic N) is 3. The summed E-state index contributed by atoms with van der Waals surface area (Å²) >= 11 is 6.07. The molecule has 122 valence electrons. The number of aromatic nitrogens is 3. The van der Waals surface area contributed by atoms with Crippen LogP contribution in [-0.2, 0) is 0 Å². The molecule has 3 rings (SSSR count). The van der Waals surface area contributed by atoms with Crippen LogP contribution >= 0.6 is 11.6 Å². The molecule has 3 aromatic rings. The quantitative estimate of drug-likeness (QED) is 0.713. The van der Waals surface area contributed by atoms with Gasteiger partial charge >= 0.3 is 0 Å². The Morgan fingerprint density at radius 1 is 1.17 bits per heavy atom. The smallest absolute Gasteiger partial charge is 0.225 e. The van der Waals surface area contributed by atoms with Crippen molar-refractivity contribution in [2.75, 3.05) is 17.2 Å². The largest absolute Gasteiger partial charge is 0.354 e. The first kappa shape index (κ1) is 16.1. The summed E-state index contributed by atoms with van der Waals surface area (Å²) < 4.78 is 14.0. The van der Waals surface area contributed by atoms with Gasteiger partial charge in [0.2, 0.25) is 5.95 Å². The van der Waals surface area contributed by atoms with Gasteiger partial charge in [0.1, 0.15) is 11.6 Å². The van der Waals surface area contributed by atoms with Gasteiger partial charge in [0.05, 0.1) is 16.4 Å². The lowest BCUT2D eigenvalue weighted by Crippen LogP contribution is -2.06. The van der Waals surface area contributed by atoms with Crippen LogP contribution in [0.1, 0.15) is 6.92 Å². The highest BCUT2D eigenvalue weighted by Crippen LogP contribution is 2.29. The van der Waals surface area contributed by atoms with Crippen molar-refractivity contribution >= 4 is 29.1 Å². The van der Waals surface area contributed by atoms with Crippen LogP contribution in [0.4, 0.5) is 21.8 Å². The minimum Gasteiger partial charge on any atom is -0.354 e. The number of pyridine rings is 1. The maximum atomic E-state index is 14.0. The summed E-state index contributed by atoms with van der Waals surface area (Å²) in [5.41, 5.74) is 1.68. The van der Waals surface area contributed by atoms with Gasteiger partial charge in [-0.05, 0) is 31.2 Å². The van der Waals surface area contributed by atoms with Gasteiger partial charge in [-0.25, -0.2) is 9.37 Å². The number of hydrogen-bond acceptors (Lipinski definition) is 5. The van der Waals surface area contributed by atoms with Crippen molar-refractivity contribution in [3.05, 3.63) is 59.6 Å². The van der Waals surface area contributed by atoms with Crippen molar-refractivity contribution in [2.24, 2.45) is 0 Å². The van der Waals surface area contributed by atoms with Crippen LogP contribution in [0.2, 0.25) is 5.02 Å². The zero-order valence-corrected chi connectivity index (χ0v) is 13.7. The Hall–Kier alpha value is -2.73. The summed E-state index contributed by atoms with van der Waals surface area (Å²) in [5, 5.41) is 6.27. The van der Waals surface area contributed by atoms with Crippen molar-refractivity contribution in [3.8, 4) is 11.3 Å². The lowest BCUT2D eigenvalue weighted by molar-refractivity contribution is 0.632. The molecule has 0 saturated carbocycles. The highest BCUT2D eigenvalue weighted by Gasteiger charge is 2.11. The van der Waals surface area contributed by atoms with E-state index in [9.17, 15) is 4.39 Å². The summed E-state index contributed by atoms with van der Waals surface area (Å²) in [5.74, 6) is 0.426. The summed E-state index contributed by atoms with van der Waals surface area (Å²) in [4.78, 5) is 12.9. The minimum atomic E-state index is -0.450. The van der Waals surface area contributed by atoms with Gasteiger partial charge in [-0.3, -0.25) is 4.98 Å². The fourth-order valence-corrected chi connectivity index (χ4v) is 2.37. The van der Waals surface area contributed by atoms with E-state index in [1.54, 1.807) is 30.6 Å². The molecule has 0 fully saturated rings. The second-order valence-corrected chi connectivity index (χ2v) is 5.36. The van der Waals surface area contributed by atoms with E-state index in [2.05, 4.69) is 25.6 Å². The Morgan fingerprint density at radius 2 is 2.04 bits per heavy atom. The molecule has 0 saturated heterocycles. The van der Waals surface area contributed by atoms with E-state index in [-0.39, 0.29) is 10.7 Å². The molecule has 0 radical (unpaired) electrons. The molecule has 0 unspecified atom stereocenters. The van der Waals surface area contributed by atoms with Crippen LogP contribution in [0, 0.1) is 5.82 Å². The number of benzene rings is 1. The number of para-hydroxylation sites is 1. The van der Waals surface area contributed by atoms with Gasteiger partial charge in [-0.1, -0.05) is 17.7 Å². The first-order chi connectivity index (χ1) is 11.7. The van der Waals surface area contributed by atoms with E-state index in [1.165, 1.54) is 6.07 Å². The first-order valence-corrected chi connectivity index (χ1v) is 7.79. The Kier molecular flexibility index (Phi) is 4.86. The van der Waals surface area contributed by atoms with Crippen molar-refractivity contribution in [1.29, 1.82) is 0 Å². The molecule has 0 spiro atoms. The molecule has 5 nitrogen and oxygen atoms in total. The molecular weight excluding hydrogens is 329 g/mol. The van der Waals surface area contributed by atoms with Gasteiger partial charge in [0.25, 0.3) is 0 Å². The maximum Gasteiger partial charge on any atom is 0.225 e. The molecule has 1 aromatic carbocycles. The van der Waals surface area contributed by atoms with Gasteiger partial charge in [-0.15, -0.1) is 0 Å². The number of hydrogen-bond donors (Lipinski definition) is 2. The van der Waals surface area contributed by atoms with E-state index in [0.717, 1.165) is 5.56 Å². The highest BCUT2D eigenvalue weighted by atomic mass is 35.5. The molecule has 0 aliphatic rings. The summed E-state index contributed by atoms with van der Waals surface area (Å²) in [6.07, 6.45) is 3.39. The van der Waals surface area contributed by atoms with E-state index >= 15 is 0 Å². The molecule has 0 atom stereocenters. The zero-order valence-electron chi connectivity index (χ0n) is 12.9. The van der Waals surface area contributed by atoms with Gasteiger partial charge in [0, 0.05) is 30.6 Å². The van der Waals surface area contributed by atoms with Crippen molar-refractivity contribution in [1.82, 2.24) is 15.0 Å². The molecule has 7 heteroatoms. The Balaban J connectivity index is 2.02.